The number of para-hydroxylation sites is 2. The quantitative estimate of drug-likeness (QED) is 0.290. The molecule has 5 nitrogen and oxygen atoms in total. The maximum Gasteiger partial charge on any atom is 0.256 e. The minimum absolute atomic E-state index is 0.0339. The predicted octanol–water partition coefficient (Wildman–Crippen LogP) is 5.41. The van der Waals surface area contributed by atoms with Crippen LogP contribution in [0.2, 0.25) is 10.0 Å². The summed E-state index contributed by atoms with van der Waals surface area (Å²) in [7, 11) is 1.45. The minimum atomic E-state index is -1.92. The molecule has 0 aliphatic carbocycles. The molecule has 150 valence electrons. The number of halogens is 5. The largest absolute Gasteiger partial charge is 0.496 e. The van der Waals surface area contributed by atoms with Crippen molar-refractivity contribution in [3.63, 3.8) is 0 Å². The highest BCUT2D eigenvalue weighted by atomic mass is 35.6. The Morgan fingerprint density at radius 1 is 1.04 bits per heavy atom. The molecule has 0 aliphatic heterocycles. The summed E-state index contributed by atoms with van der Waals surface area (Å²) in [6, 6.07) is 11.6. The topological polar surface area (TPSA) is 62.4 Å². The van der Waals surface area contributed by atoms with Gasteiger partial charge in [-0.25, -0.2) is 0 Å². The van der Waals surface area contributed by atoms with Crippen molar-refractivity contribution in [3.05, 3.63) is 58.1 Å². The normalized spacial score (nSPS) is 12.1. The number of hydrogen-bond acceptors (Lipinski definition) is 3. The van der Waals surface area contributed by atoms with Crippen molar-refractivity contribution in [1.82, 2.24) is 10.6 Å². The Morgan fingerprint density at radius 2 is 1.64 bits per heavy atom. The summed E-state index contributed by atoms with van der Waals surface area (Å²) >= 11 is 35.4. The lowest BCUT2D eigenvalue weighted by molar-refractivity contribution is 0.0931. The number of carbonyl (C=O) groups excluding carboxylic acids is 1. The number of nitrogens with one attached hydrogen (secondary N) is 3. The average molecular weight is 502 g/mol. The first-order valence-corrected chi connectivity index (χ1v) is 9.95. The van der Waals surface area contributed by atoms with Crippen LogP contribution in [0.25, 0.3) is 0 Å². The van der Waals surface area contributed by atoms with E-state index in [9.17, 15) is 4.79 Å². The van der Waals surface area contributed by atoms with Gasteiger partial charge in [-0.2, -0.15) is 0 Å². The first-order chi connectivity index (χ1) is 13.1. The number of thiocarbonyl (C=S) groups is 1. The van der Waals surface area contributed by atoms with Crippen LogP contribution < -0.4 is 20.7 Å². The van der Waals surface area contributed by atoms with Gasteiger partial charge < -0.3 is 20.7 Å². The van der Waals surface area contributed by atoms with E-state index < -0.39 is 15.9 Å². The molecule has 0 saturated carbocycles. The Bertz CT molecular complexity index is 856. The number of alkyl halides is 3. The second kappa shape index (κ2) is 10.1. The number of anilines is 1. The molecule has 3 N–H and O–H groups in total. The van der Waals surface area contributed by atoms with Gasteiger partial charge in [-0.15, -0.1) is 0 Å². The van der Waals surface area contributed by atoms with Crippen molar-refractivity contribution in [2.45, 2.75) is 9.96 Å². The predicted molar refractivity (Wildman–Crippen MR) is 120 cm³/mol. The van der Waals surface area contributed by atoms with E-state index in [2.05, 4.69) is 16.0 Å². The van der Waals surface area contributed by atoms with Gasteiger partial charge in [0.05, 0.1) is 28.4 Å². The van der Waals surface area contributed by atoms with Crippen LogP contribution in [-0.4, -0.2) is 28.1 Å². The van der Waals surface area contributed by atoms with Crippen LogP contribution in [0.4, 0.5) is 5.69 Å². The summed E-state index contributed by atoms with van der Waals surface area (Å²) in [5.74, 6) is -0.161. The van der Waals surface area contributed by atoms with E-state index in [1.165, 1.54) is 7.11 Å². The molecule has 0 radical (unpaired) electrons. The van der Waals surface area contributed by atoms with Crippen LogP contribution in [0.5, 0.6) is 5.75 Å². The van der Waals surface area contributed by atoms with Gasteiger partial charge in [-0.1, -0.05) is 76.2 Å². The number of carbonyl (C=O) groups is 1. The molecule has 2 rings (SSSR count). The van der Waals surface area contributed by atoms with E-state index in [-0.39, 0.29) is 10.7 Å². The van der Waals surface area contributed by atoms with Gasteiger partial charge in [-0.3, -0.25) is 4.79 Å². The Kier molecular flexibility index (Phi) is 8.30. The van der Waals surface area contributed by atoms with Gasteiger partial charge in [0.25, 0.3) is 5.91 Å². The Labute approximate surface area is 192 Å². The maximum absolute atomic E-state index is 12.6. The lowest BCUT2D eigenvalue weighted by Crippen LogP contribution is -2.56. The maximum atomic E-state index is 12.6. The highest BCUT2D eigenvalue weighted by molar-refractivity contribution is 7.80. The van der Waals surface area contributed by atoms with Gasteiger partial charge in [0.15, 0.2) is 5.11 Å². The van der Waals surface area contributed by atoms with Crippen molar-refractivity contribution in [2.24, 2.45) is 0 Å². The minimum Gasteiger partial charge on any atom is -0.496 e. The van der Waals surface area contributed by atoms with Crippen LogP contribution >= 0.6 is 70.2 Å². The molecule has 11 heteroatoms. The first kappa shape index (κ1) is 23.1. The van der Waals surface area contributed by atoms with E-state index in [0.29, 0.717) is 21.5 Å². The van der Waals surface area contributed by atoms with Gasteiger partial charge in [0.2, 0.25) is 3.79 Å². The molecular formula is C17H14Cl5N3O2S. The standard InChI is InChI=1S/C17H14Cl5N3O2S/c1-27-12-8-3-2-5-9(12)14(26)24-15(17(20,21)22)25-16(28)23-13-10(18)6-4-7-11(13)19/h2-8,15H,1H3,(H,24,26)(H2,23,25,28)/t15-/m1/s1. The highest BCUT2D eigenvalue weighted by Crippen LogP contribution is 2.31. The van der Waals surface area contributed by atoms with Crippen molar-refractivity contribution < 1.29 is 9.53 Å². The van der Waals surface area contributed by atoms with Gasteiger partial charge in [0.1, 0.15) is 11.9 Å². The summed E-state index contributed by atoms with van der Waals surface area (Å²) in [6.07, 6.45) is -1.17. The molecule has 0 saturated heterocycles. The number of methoxy groups -OCH3 is 1. The molecule has 0 fully saturated rings. The van der Waals surface area contributed by atoms with Crippen LogP contribution in [0.3, 0.4) is 0 Å². The smallest absolute Gasteiger partial charge is 0.256 e. The molecule has 0 aliphatic rings. The summed E-state index contributed by atoms with van der Waals surface area (Å²) in [4.78, 5) is 12.6. The van der Waals surface area contributed by atoms with Crippen LogP contribution in [0.1, 0.15) is 10.4 Å². The average Bonchev–Trinajstić information content (AvgIpc) is 2.63. The zero-order chi connectivity index (χ0) is 20.9. The van der Waals surface area contributed by atoms with Gasteiger partial charge in [0, 0.05) is 0 Å². The second-order valence-corrected chi connectivity index (χ2v) is 8.94. The SMILES string of the molecule is COc1ccccc1C(=O)N[C@H](NC(=S)Nc1c(Cl)cccc1Cl)C(Cl)(Cl)Cl. The lowest BCUT2D eigenvalue weighted by atomic mass is 10.2. The third-order valence-corrected chi connectivity index (χ3v) is 4.94. The summed E-state index contributed by atoms with van der Waals surface area (Å²) < 4.78 is 3.25. The lowest BCUT2D eigenvalue weighted by Gasteiger charge is -2.28. The van der Waals surface area contributed by atoms with E-state index in [4.69, 9.17) is 75.0 Å². The molecule has 0 aromatic heterocycles. The molecule has 0 heterocycles. The molecule has 0 unspecified atom stereocenters. The highest BCUT2D eigenvalue weighted by Gasteiger charge is 2.35. The molecule has 0 bridgehead atoms. The van der Waals surface area contributed by atoms with Crippen molar-refractivity contribution in [2.75, 3.05) is 12.4 Å². The van der Waals surface area contributed by atoms with E-state index in [1.807, 2.05) is 0 Å². The van der Waals surface area contributed by atoms with Gasteiger partial charge in [-0.05, 0) is 36.5 Å². The fourth-order valence-corrected chi connectivity index (χ4v) is 3.18. The number of hydrogen-bond donors (Lipinski definition) is 3. The fraction of sp³-hybridized carbons (Fsp3) is 0.176. The summed E-state index contributed by atoms with van der Waals surface area (Å²) in [5.41, 5.74) is 0.640. The molecular weight excluding hydrogens is 488 g/mol. The molecule has 0 spiro atoms. The number of ether oxygens (including phenoxy) is 1. The van der Waals surface area contributed by atoms with Crippen molar-refractivity contribution in [1.29, 1.82) is 0 Å². The fourth-order valence-electron chi connectivity index (χ4n) is 2.14. The Balaban J connectivity index is 2.16. The first-order valence-electron chi connectivity index (χ1n) is 7.65. The zero-order valence-corrected chi connectivity index (χ0v) is 18.8. The Hall–Kier alpha value is -1.15. The Morgan fingerprint density at radius 3 is 2.21 bits per heavy atom. The van der Waals surface area contributed by atoms with Crippen LogP contribution in [0, 0.1) is 0 Å². The third-order valence-electron chi connectivity index (χ3n) is 3.43. The molecule has 1 amide bonds. The van der Waals surface area contributed by atoms with Crippen molar-refractivity contribution >= 4 is 86.9 Å². The molecule has 2 aromatic carbocycles. The van der Waals surface area contributed by atoms with Gasteiger partial charge >= 0.3 is 0 Å². The van der Waals surface area contributed by atoms with E-state index >= 15 is 0 Å². The third kappa shape index (κ3) is 6.17. The van der Waals surface area contributed by atoms with E-state index in [0.717, 1.165) is 0 Å². The molecule has 2 aromatic rings. The van der Waals surface area contributed by atoms with Crippen LogP contribution in [-0.2, 0) is 0 Å². The second-order valence-electron chi connectivity index (χ2n) is 5.34. The molecule has 28 heavy (non-hydrogen) atoms. The number of amides is 1. The number of rotatable bonds is 5. The zero-order valence-electron chi connectivity index (χ0n) is 14.2. The van der Waals surface area contributed by atoms with E-state index in [1.54, 1.807) is 42.5 Å². The number of benzene rings is 2. The monoisotopic (exact) mass is 499 g/mol. The van der Waals surface area contributed by atoms with Crippen molar-refractivity contribution in [3.8, 4) is 5.75 Å². The molecule has 1 atom stereocenters. The van der Waals surface area contributed by atoms with Crippen LogP contribution in [0.15, 0.2) is 42.5 Å². The summed E-state index contributed by atoms with van der Waals surface area (Å²) in [6.45, 7) is 0. The summed E-state index contributed by atoms with van der Waals surface area (Å²) in [5, 5.41) is 8.86.